The minimum atomic E-state index is 0.949. The van der Waals surface area contributed by atoms with Gasteiger partial charge in [0.1, 0.15) is 0 Å². The molecule has 0 amide bonds. The predicted octanol–water partition coefficient (Wildman–Crippen LogP) is 5.51. The molecule has 1 saturated carbocycles. The zero-order valence-electron chi connectivity index (χ0n) is 11.7. The molecule has 0 nitrogen and oxygen atoms in total. The third-order valence-corrected chi connectivity index (χ3v) is 4.87. The van der Waals surface area contributed by atoms with Crippen molar-refractivity contribution in [2.45, 2.75) is 65.2 Å². The maximum absolute atomic E-state index is 4.06. The van der Waals surface area contributed by atoms with Crippen molar-refractivity contribution in [3.8, 4) is 0 Å². The summed E-state index contributed by atoms with van der Waals surface area (Å²) in [6, 6.07) is 0. The molecule has 2 aliphatic carbocycles. The summed E-state index contributed by atoms with van der Waals surface area (Å²) < 4.78 is 0. The molecular formula is C17H28. The average molecular weight is 232 g/mol. The van der Waals surface area contributed by atoms with Crippen molar-refractivity contribution >= 4 is 0 Å². The van der Waals surface area contributed by atoms with Gasteiger partial charge in [-0.2, -0.15) is 0 Å². The first-order chi connectivity index (χ1) is 8.15. The Morgan fingerprint density at radius 3 is 2.41 bits per heavy atom. The summed E-state index contributed by atoms with van der Waals surface area (Å²) in [5.41, 5.74) is 3.00. The van der Waals surface area contributed by atoms with Crippen LogP contribution in [0.1, 0.15) is 65.2 Å². The lowest BCUT2D eigenvalue weighted by Crippen LogP contribution is -2.23. The maximum Gasteiger partial charge on any atom is -0.0297 e. The van der Waals surface area contributed by atoms with Gasteiger partial charge in [0.2, 0.25) is 0 Å². The lowest BCUT2D eigenvalue weighted by atomic mass is 9.70. The topological polar surface area (TPSA) is 0 Å². The first-order valence-corrected chi connectivity index (χ1v) is 7.45. The van der Waals surface area contributed by atoms with E-state index < -0.39 is 0 Å². The van der Waals surface area contributed by atoms with E-state index in [1.165, 1.54) is 56.9 Å². The molecule has 1 fully saturated rings. The Balaban J connectivity index is 1.77. The van der Waals surface area contributed by atoms with E-state index >= 15 is 0 Å². The molecule has 2 aliphatic rings. The summed E-state index contributed by atoms with van der Waals surface area (Å²) in [6.07, 6.45) is 13.8. The third-order valence-electron chi connectivity index (χ3n) is 4.87. The van der Waals surface area contributed by atoms with E-state index in [-0.39, 0.29) is 0 Å². The van der Waals surface area contributed by atoms with Gasteiger partial charge in [-0.05, 0) is 83.0 Å². The molecule has 0 N–H and O–H groups in total. The van der Waals surface area contributed by atoms with Crippen molar-refractivity contribution in [1.29, 1.82) is 0 Å². The Morgan fingerprint density at radius 2 is 1.88 bits per heavy atom. The average Bonchev–Trinajstić information content (AvgIpc) is 2.30. The van der Waals surface area contributed by atoms with Gasteiger partial charge in [0.25, 0.3) is 0 Å². The van der Waals surface area contributed by atoms with Gasteiger partial charge in [0, 0.05) is 0 Å². The molecule has 0 heteroatoms. The lowest BCUT2D eigenvalue weighted by molar-refractivity contribution is 0.192. The van der Waals surface area contributed by atoms with Gasteiger partial charge in [0.05, 0.1) is 0 Å². The van der Waals surface area contributed by atoms with E-state index in [0.717, 1.165) is 17.8 Å². The minimum absolute atomic E-state index is 0.949. The quantitative estimate of drug-likeness (QED) is 0.563. The highest BCUT2D eigenvalue weighted by Gasteiger charge is 2.27. The molecule has 0 aliphatic heterocycles. The van der Waals surface area contributed by atoms with E-state index in [1.807, 2.05) is 0 Å². The Hall–Kier alpha value is -0.520. The highest BCUT2D eigenvalue weighted by atomic mass is 14.3. The van der Waals surface area contributed by atoms with E-state index in [0.29, 0.717) is 0 Å². The van der Waals surface area contributed by atoms with Crippen molar-refractivity contribution in [2.24, 2.45) is 17.8 Å². The van der Waals surface area contributed by atoms with Crippen molar-refractivity contribution < 1.29 is 0 Å². The summed E-state index contributed by atoms with van der Waals surface area (Å²) in [6.45, 7) is 8.53. The monoisotopic (exact) mass is 232 g/mol. The van der Waals surface area contributed by atoms with Crippen LogP contribution in [0.4, 0.5) is 0 Å². The first kappa shape index (κ1) is 12.9. The normalized spacial score (nSPS) is 34.2. The Morgan fingerprint density at radius 1 is 1.18 bits per heavy atom. The molecule has 0 bridgehead atoms. The summed E-state index contributed by atoms with van der Waals surface area (Å²) in [7, 11) is 0. The molecule has 0 aromatic carbocycles. The largest absolute Gasteiger partial charge is 0.100 e. The van der Waals surface area contributed by atoms with Gasteiger partial charge in [0.15, 0.2) is 0 Å². The van der Waals surface area contributed by atoms with E-state index in [1.54, 1.807) is 5.57 Å². The fourth-order valence-electron chi connectivity index (χ4n) is 3.77. The van der Waals surface area contributed by atoms with Crippen molar-refractivity contribution in [1.82, 2.24) is 0 Å². The van der Waals surface area contributed by atoms with Crippen LogP contribution in [0.2, 0.25) is 0 Å². The van der Waals surface area contributed by atoms with Crippen LogP contribution in [-0.2, 0) is 0 Å². The molecule has 96 valence electrons. The Bertz CT molecular complexity index is 289. The molecule has 0 spiro atoms. The highest BCUT2D eigenvalue weighted by Crippen LogP contribution is 2.40. The van der Waals surface area contributed by atoms with Gasteiger partial charge in [-0.3, -0.25) is 0 Å². The summed E-state index contributed by atoms with van der Waals surface area (Å²) >= 11 is 0. The van der Waals surface area contributed by atoms with Crippen LogP contribution in [0.5, 0.6) is 0 Å². The molecule has 17 heavy (non-hydrogen) atoms. The Labute approximate surface area is 107 Å². The zero-order valence-corrected chi connectivity index (χ0v) is 11.7. The van der Waals surface area contributed by atoms with Crippen LogP contribution in [0.25, 0.3) is 0 Å². The SMILES string of the molecule is C=C(C)CC1CCC(C2CC=C(C)CC2)CC1. The minimum Gasteiger partial charge on any atom is -0.100 e. The molecule has 1 atom stereocenters. The number of hydrogen-bond donors (Lipinski definition) is 0. The van der Waals surface area contributed by atoms with Gasteiger partial charge in [-0.25, -0.2) is 0 Å². The van der Waals surface area contributed by atoms with Gasteiger partial charge < -0.3 is 0 Å². The second-order valence-electron chi connectivity index (χ2n) is 6.53. The first-order valence-electron chi connectivity index (χ1n) is 7.45. The highest BCUT2D eigenvalue weighted by molar-refractivity contribution is 5.04. The second kappa shape index (κ2) is 5.89. The van der Waals surface area contributed by atoms with Crippen molar-refractivity contribution in [3.05, 3.63) is 23.8 Å². The Kier molecular flexibility index (Phi) is 4.48. The molecule has 2 rings (SSSR count). The van der Waals surface area contributed by atoms with E-state index in [4.69, 9.17) is 0 Å². The predicted molar refractivity (Wildman–Crippen MR) is 76.0 cm³/mol. The lowest BCUT2D eigenvalue weighted by Gasteiger charge is -2.35. The summed E-state index contributed by atoms with van der Waals surface area (Å²) in [5, 5.41) is 0. The number of allylic oxidation sites excluding steroid dienone is 3. The van der Waals surface area contributed by atoms with Gasteiger partial charge in [-0.1, -0.05) is 17.2 Å². The fraction of sp³-hybridized carbons (Fsp3) is 0.765. The maximum atomic E-state index is 4.06. The number of rotatable bonds is 3. The molecule has 0 aromatic heterocycles. The van der Waals surface area contributed by atoms with Crippen molar-refractivity contribution in [2.75, 3.05) is 0 Å². The van der Waals surface area contributed by atoms with Crippen LogP contribution in [0.3, 0.4) is 0 Å². The smallest absolute Gasteiger partial charge is 0.0297 e. The molecule has 0 aromatic rings. The van der Waals surface area contributed by atoms with Crippen LogP contribution in [-0.4, -0.2) is 0 Å². The standard InChI is InChI=1S/C17H28/c1-13(2)12-15-6-10-17(11-7-15)16-8-4-14(3)5-9-16/h4,15-17H,1,5-12H2,2-3H3. The van der Waals surface area contributed by atoms with Crippen LogP contribution in [0, 0.1) is 17.8 Å². The van der Waals surface area contributed by atoms with Gasteiger partial charge in [-0.15, -0.1) is 6.58 Å². The van der Waals surface area contributed by atoms with Crippen LogP contribution < -0.4 is 0 Å². The second-order valence-corrected chi connectivity index (χ2v) is 6.53. The molecule has 0 saturated heterocycles. The summed E-state index contributed by atoms with van der Waals surface area (Å²) in [4.78, 5) is 0. The van der Waals surface area contributed by atoms with E-state index in [9.17, 15) is 0 Å². The fourth-order valence-corrected chi connectivity index (χ4v) is 3.77. The molecule has 0 radical (unpaired) electrons. The molecule has 0 heterocycles. The van der Waals surface area contributed by atoms with E-state index in [2.05, 4.69) is 26.5 Å². The molecule has 1 unspecified atom stereocenters. The van der Waals surface area contributed by atoms with Crippen molar-refractivity contribution in [3.63, 3.8) is 0 Å². The van der Waals surface area contributed by atoms with Crippen LogP contribution >= 0.6 is 0 Å². The van der Waals surface area contributed by atoms with Gasteiger partial charge >= 0.3 is 0 Å². The molecular weight excluding hydrogens is 204 g/mol. The zero-order chi connectivity index (χ0) is 12.3. The third kappa shape index (κ3) is 3.72. The summed E-state index contributed by atoms with van der Waals surface area (Å²) in [5.74, 6) is 2.98. The number of hydrogen-bond acceptors (Lipinski definition) is 0. The van der Waals surface area contributed by atoms with Crippen LogP contribution in [0.15, 0.2) is 23.8 Å².